The molecule has 0 aliphatic carbocycles. The van der Waals surface area contributed by atoms with Crippen LogP contribution in [0.5, 0.6) is 0 Å². The number of halogens is 2. The van der Waals surface area contributed by atoms with Gasteiger partial charge in [-0.2, -0.15) is 4.98 Å². The Hall–Kier alpha value is -4.18. The lowest BCUT2D eigenvalue weighted by molar-refractivity contribution is -0.128. The maximum absolute atomic E-state index is 14.9. The van der Waals surface area contributed by atoms with Gasteiger partial charge in [0.05, 0.1) is 11.4 Å². The molecule has 1 aliphatic heterocycles. The molecule has 41 heavy (non-hydrogen) atoms. The Morgan fingerprint density at radius 3 is 2.54 bits per heavy atom. The minimum absolute atomic E-state index is 0.0193. The summed E-state index contributed by atoms with van der Waals surface area (Å²) in [5.41, 5.74) is 2.20. The summed E-state index contributed by atoms with van der Waals surface area (Å²) < 4.78 is 16.3. The third-order valence-corrected chi connectivity index (χ3v) is 7.68. The fourth-order valence-corrected chi connectivity index (χ4v) is 5.58. The number of rotatable bonds is 5. The number of piperazine rings is 1. The molecule has 5 rings (SSSR count). The topological polar surface area (TPSA) is 97.1 Å². The second-order valence-electron chi connectivity index (χ2n) is 10.6. The van der Waals surface area contributed by atoms with Crippen molar-refractivity contribution in [2.45, 2.75) is 52.6 Å². The van der Waals surface area contributed by atoms with E-state index in [0.29, 0.717) is 30.3 Å². The highest BCUT2D eigenvalue weighted by atomic mass is 35.5. The molecule has 4 heterocycles. The number of aryl methyl sites for hydroxylation is 1. The van der Waals surface area contributed by atoms with Gasteiger partial charge in [-0.1, -0.05) is 44.2 Å². The fraction of sp³-hybridized carbons (Fsp3) is 0.333. The maximum atomic E-state index is 14.9. The van der Waals surface area contributed by atoms with Gasteiger partial charge in [-0.05, 0) is 56.5 Å². The lowest BCUT2D eigenvalue weighted by Gasteiger charge is -2.44. The van der Waals surface area contributed by atoms with Crippen molar-refractivity contribution in [1.82, 2.24) is 29.4 Å². The number of hydrogen-bond donors (Lipinski definition) is 0. The van der Waals surface area contributed by atoms with Crippen LogP contribution in [0.2, 0.25) is 5.15 Å². The van der Waals surface area contributed by atoms with Crippen LogP contribution in [0.3, 0.4) is 0 Å². The fourth-order valence-electron chi connectivity index (χ4n) is 5.35. The van der Waals surface area contributed by atoms with E-state index >= 15 is 0 Å². The molecule has 0 radical (unpaired) electrons. The molecule has 212 valence electrons. The number of anilines is 1. The van der Waals surface area contributed by atoms with Gasteiger partial charge in [-0.15, -0.1) is 0 Å². The summed E-state index contributed by atoms with van der Waals surface area (Å²) in [4.78, 5) is 48.7. The molecule has 0 N–H and O–H groups in total. The van der Waals surface area contributed by atoms with E-state index < -0.39 is 11.5 Å². The number of pyridine rings is 1. The van der Waals surface area contributed by atoms with E-state index in [1.165, 1.54) is 16.7 Å². The number of amides is 1. The molecular formula is C30H31ClFN7O2. The van der Waals surface area contributed by atoms with Crippen LogP contribution in [0.25, 0.3) is 28.1 Å². The van der Waals surface area contributed by atoms with Crippen LogP contribution in [0.15, 0.2) is 54.0 Å². The molecule has 1 saturated heterocycles. The number of carbonyl (C=O) groups excluding carboxylic acids is 1. The van der Waals surface area contributed by atoms with Crippen molar-refractivity contribution in [3.05, 3.63) is 81.9 Å². The van der Waals surface area contributed by atoms with E-state index in [2.05, 4.69) is 21.5 Å². The van der Waals surface area contributed by atoms with Crippen LogP contribution in [0.4, 0.5) is 10.2 Å². The number of aromatic nitrogens is 5. The smallest absolute Gasteiger partial charge is 0.348 e. The summed E-state index contributed by atoms with van der Waals surface area (Å²) in [5, 5.41) is -0.0241. The molecule has 0 unspecified atom stereocenters. The van der Waals surface area contributed by atoms with Crippen molar-refractivity contribution in [1.29, 1.82) is 0 Å². The van der Waals surface area contributed by atoms with Gasteiger partial charge in [0.2, 0.25) is 5.91 Å². The van der Waals surface area contributed by atoms with E-state index in [-0.39, 0.29) is 51.5 Å². The molecule has 0 saturated carbocycles. The predicted molar refractivity (Wildman–Crippen MR) is 158 cm³/mol. The Morgan fingerprint density at radius 2 is 1.85 bits per heavy atom. The van der Waals surface area contributed by atoms with Crippen LogP contribution in [0, 0.1) is 12.7 Å². The Labute approximate surface area is 242 Å². The van der Waals surface area contributed by atoms with Crippen LogP contribution >= 0.6 is 11.6 Å². The lowest BCUT2D eigenvalue weighted by Crippen LogP contribution is -2.58. The average molecular weight is 576 g/mol. The van der Waals surface area contributed by atoms with E-state index in [9.17, 15) is 14.0 Å². The first kappa shape index (κ1) is 28.4. The van der Waals surface area contributed by atoms with E-state index in [4.69, 9.17) is 16.6 Å². The Balaban J connectivity index is 1.83. The summed E-state index contributed by atoms with van der Waals surface area (Å²) in [5.74, 6) is -0.400. The van der Waals surface area contributed by atoms with Crippen molar-refractivity contribution >= 4 is 34.5 Å². The van der Waals surface area contributed by atoms with Gasteiger partial charge < -0.3 is 9.80 Å². The first-order valence-corrected chi connectivity index (χ1v) is 13.8. The summed E-state index contributed by atoms with van der Waals surface area (Å²) in [6, 6.07) is 7.55. The molecular weight excluding hydrogens is 545 g/mol. The third kappa shape index (κ3) is 4.97. The molecule has 1 aliphatic rings. The van der Waals surface area contributed by atoms with Crippen LogP contribution in [-0.4, -0.2) is 60.5 Å². The molecule has 0 spiro atoms. The normalized spacial score (nSPS) is 17.4. The zero-order valence-electron chi connectivity index (χ0n) is 23.6. The van der Waals surface area contributed by atoms with Crippen molar-refractivity contribution in [3.8, 4) is 16.9 Å². The van der Waals surface area contributed by atoms with E-state index in [0.717, 1.165) is 5.56 Å². The molecule has 9 nitrogen and oxygen atoms in total. The zero-order valence-corrected chi connectivity index (χ0v) is 24.4. The zero-order chi connectivity index (χ0) is 29.6. The maximum Gasteiger partial charge on any atom is 0.356 e. The molecule has 1 fully saturated rings. The van der Waals surface area contributed by atoms with Crippen molar-refractivity contribution < 1.29 is 9.18 Å². The highest BCUT2D eigenvalue weighted by Gasteiger charge is 2.34. The summed E-state index contributed by atoms with van der Waals surface area (Å²) >= 11 is 6.67. The lowest BCUT2D eigenvalue weighted by atomic mass is 10.0. The number of benzene rings is 1. The van der Waals surface area contributed by atoms with Crippen molar-refractivity contribution in [2.24, 2.45) is 0 Å². The first-order chi connectivity index (χ1) is 19.5. The Bertz CT molecular complexity index is 1740. The van der Waals surface area contributed by atoms with Gasteiger partial charge in [0.25, 0.3) is 0 Å². The van der Waals surface area contributed by atoms with Gasteiger partial charge in [0.15, 0.2) is 22.1 Å². The molecule has 4 aromatic rings. The average Bonchev–Trinajstić information content (AvgIpc) is 2.94. The standard InChI is InChI=1S/C30H31ClFN7O2/c1-7-22(40)37-14-19(6)38(15-18(37)5)28-25-29(35-24(27(31)34-25)20-10-8-9-11-21(20)32)39(30(41)36-28)26-17(4)12-13-33-23(26)16(2)3/h7-13,16,18-19H,1,14-15H2,2-6H3/t18-,19+/m1/s1. The van der Waals surface area contributed by atoms with Crippen molar-refractivity contribution in [3.63, 3.8) is 0 Å². The quantitative estimate of drug-likeness (QED) is 0.306. The van der Waals surface area contributed by atoms with Crippen LogP contribution < -0.4 is 10.6 Å². The van der Waals surface area contributed by atoms with E-state index in [1.807, 2.05) is 45.6 Å². The number of fused-ring (bicyclic) bond motifs is 1. The molecule has 3 aromatic heterocycles. The Kier molecular flexibility index (Phi) is 7.61. The van der Waals surface area contributed by atoms with Gasteiger partial charge in [-0.3, -0.25) is 9.78 Å². The van der Waals surface area contributed by atoms with E-state index in [1.54, 1.807) is 29.3 Å². The highest BCUT2D eigenvalue weighted by molar-refractivity contribution is 6.32. The third-order valence-electron chi connectivity index (χ3n) is 7.42. The second kappa shape index (κ2) is 11.0. The SMILES string of the molecule is C=CC(=O)N1C[C@H](C)N(c2nc(=O)n(-c3c(C)ccnc3C(C)C)c3nc(-c4ccccc4F)c(Cl)nc23)C[C@H]1C. The minimum atomic E-state index is -0.578. The Morgan fingerprint density at radius 1 is 1.12 bits per heavy atom. The monoisotopic (exact) mass is 575 g/mol. The number of carbonyl (C=O) groups is 1. The van der Waals surface area contributed by atoms with Gasteiger partial charge in [0, 0.05) is 36.9 Å². The number of nitrogens with zero attached hydrogens (tertiary/aromatic N) is 7. The molecule has 2 atom stereocenters. The summed E-state index contributed by atoms with van der Waals surface area (Å²) in [7, 11) is 0. The van der Waals surface area contributed by atoms with Gasteiger partial charge >= 0.3 is 5.69 Å². The summed E-state index contributed by atoms with van der Waals surface area (Å²) in [6.45, 7) is 14.1. The first-order valence-electron chi connectivity index (χ1n) is 13.4. The second-order valence-corrected chi connectivity index (χ2v) is 11.0. The van der Waals surface area contributed by atoms with Gasteiger partial charge in [0.1, 0.15) is 11.5 Å². The predicted octanol–water partition coefficient (Wildman–Crippen LogP) is 5.07. The summed E-state index contributed by atoms with van der Waals surface area (Å²) in [6.07, 6.45) is 3.00. The van der Waals surface area contributed by atoms with Crippen LogP contribution in [-0.2, 0) is 4.79 Å². The minimum Gasteiger partial charge on any atom is -0.348 e. The van der Waals surface area contributed by atoms with Crippen molar-refractivity contribution in [2.75, 3.05) is 18.0 Å². The largest absolute Gasteiger partial charge is 0.356 e. The number of hydrogen-bond acceptors (Lipinski definition) is 7. The van der Waals surface area contributed by atoms with Crippen LogP contribution in [0.1, 0.15) is 44.9 Å². The molecule has 0 bridgehead atoms. The van der Waals surface area contributed by atoms with Gasteiger partial charge in [-0.25, -0.2) is 23.7 Å². The molecule has 1 amide bonds. The molecule has 11 heteroatoms. The highest BCUT2D eigenvalue weighted by Crippen LogP contribution is 2.34. The molecule has 1 aromatic carbocycles.